The maximum atomic E-state index is 13.4. The van der Waals surface area contributed by atoms with E-state index in [9.17, 15) is 14.7 Å². The molecule has 0 aliphatic carbocycles. The molecule has 3 aromatic heterocycles. The third-order valence-corrected chi connectivity index (χ3v) is 9.42. The topological polar surface area (TPSA) is 151 Å². The molecule has 49 heavy (non-hydrogen) atoms. The minimum Gasteiger partial charge on any atom is -0.495 e. The Morgan fingerprint density at radius 3 is 2.65 bits per heavy atom. The van der Waals surface area contributed by atoms with Crippen LogP contribution in [-0.2, 0) is 17.9 Å². The summed E-state index contributed by atoms with van der Waals surface area (Å²) in [5.74, 6) is 0.646. The number of pyridine rings is 3. The van der Waals surface area contributed by atoms with Crippen LogP contribution in [0.4, 0.5) is 5.69 Å². The second kappa shape index (κ2) is 15.5. The Bertz CT molecular complexity index is 1860. The zero-order valence-corrected chi connectivity index (χ0v) is 28.6. The zero-order valence-electron chi connectivity index (χ0n) is 27.1. The van der Waals surface area contributed by atoms with Crippen molar-refractivity contribution in [3.05, 3.63) is 81.7 Å². The number of carbonyl (C=O) groups excluding carboxylic acids is 2. The minimum atomic E-state index is -0.448. The molecule has 0 spiro atoms. The van der Waals surface area contributed by atoms with E-state index in [1.165, 1.54) is 6.20 Å². The van der Waals surface area contributed by atoms with E-state index in [-0.39, 0.29) is 28.8 Å². The maximum absolute atomic E-state index is 13.4. The second-order valence-corrected chi connectivity index (χ2v) is 12.8. The van der Waals surface area contributed by atoms with Gasteiger partial charge in [-0.25, -0.2) is 9.97 Å². The van der Waals surface area contributed by atoms with Crippen molar-refractivity contribution in [2.75, 3.05) is 39.2 Å². The molecule has 2 aliphatic heterocycles. The Hall–Kier alpha value is -4.33. The molecule has 4 aromatic rings. The van der Waals surface area contributed by atoms with Crippen LogP contribution in [0.15, 0.2) is 54.9 Å². The average Bonchev–Trinajstić information content (AvgIpc) is 3.72. The van der Waals surface area contributed by atoms with Gasteiger partial charge < -0.3 is 30.5 Å². The molecular formula is C35H37Cl2N7O5. The van der Waals surface area contributed by atoms with Crippen LogP contribution in [0.3, 0.4) is 0 Å². The molecule has 2 aliphatic rings. The van der Waals surface area contributed by atoms with E-state index in [1.54, 1.807) is 50.7 Å². The second-order valence-electron chi connectivity index (χ2n) is 12.0. The van der Waals surface area contributed by atoms with E-state index in [1.807, 2.05) is 12.1 Å². The number of rotatable bonds is 12. The van der Waals surface area contributed by atoms with Gasteiger partial charge in [0.1, 0.15) is 11.4 Å². The predicted molar refractivity (Wildman–Crippen MR) is 187 cm³/mol. The Labute approximate surface area is 294 Å². The van der Waals surface area contributed by atoms with Crippen molar-refractivity contribution < 1.29 is 24.2 Å². The first-order valence-corrected chi connectivity index (χ1v) is 16.7. The van der Waals surface area contributed by atoms with Crippen LogP contribution in [0, 0.1) is 0 Å². The highest BCUT2D eigenvalue weighted by Gasteiger charge is 2.24. The lowest BCUT2D eigenvalue weighted by Gasteiger charge is -2.18. The van der Waals surface area contributed by atoms with Crippen LogP contribution in [-0.4, -0.2) is 82.8 Å². The Morgan fingerprint density at radius 2 is 1.92 bits per heavy atom. The van der Waals surface area contributed by atoms with Crippen LogP contribution in [0.2, 0.25) is 10.0 Å². The van der Waals surface area contributed by atoms with E-state index in [0.717, 1.165) is 24.1 Å². The number of likely N-dealkylation sites (tertiary alicyclic amines) is 1. The van der Waals surface area contributed by atoms with E-state index in [2.05, 4.69) is 30.8 Å². The lowest BCUT2D eigenvalue weighted by molar-refractivity contribution is -0.119. The van der Waals surface area contributed by atoms with E-state index in [4.69, 9.17) is 37.7 Å². The number of aliphatic hydroxyl groups is 1. The van der Waals surface area contributed by atoms with Crippen LogP contribution >= 0.6 is 23.2 Å². The lowest BCUT2D eigenvalue weighted by atomic mass is 10.1. The fourth-order valence-electron chi connectivity index (χ4n) is 6.08. The van der Waals surface area contributed by atoms with Crippen molar-refractivity contribution in [1.82, 2.24) is 30.5 Å². The van der Waals surface area contributed by atoms with Crippen molar-refractivity contribution in [1.29, 1.82) is 0 Å². The number of nitrogens with one attached hydrogen (secondary N) is 3. The largest absolute Gasteiger partial charge is 0.495 e. The van der Waals surface area contributed by atoms with E-state index < -0.39 is 5.91 Å². The summed E-state index contributed by atoms with van der Waals surface area (Å²) < 4.78 is 11.1. The number of aromatic nitrogens is 3. The predicted octanol–water partition coefficient (Wildman–Crippen LogP) is 4.72. The number of aliphatic hydroxyl groups excluding tert-OH is 1. The third kappa shape index (κ3) is 7.95. The summed E-state index contributed by atoms with van der Waals surface area (Å²) in [6.45, 7) is 3.00. The normalized spacial score (nSPS) is 17.6. The fourth-order valence-corrected chi connectivity index (χ4v) is 6.66. The molecule has 4 N–H and O–H groups in total. The maximum Gasteiger partial charge on any atom is 0.274 e. The molecule has 0 radical (unpaired) electrons. The number of amides is 2. The molecule has 12 nitrogen and oxygen atoms in total. The van der Waals surface area contributed by atoms with Gasteiger partial charge in [-0.15, -0.1) is 0 Å². The summed E-state index contributed by atoms with van der Waals surface area (Å²) in [5, 5.41) is 19.7. The molecule has 0 bridgehead atoms. The summed E-state index contributed by atoms with van der Waals surface area (Å²) in [6.07, 6.45) is 4.86. The number of hydrogen-bond acceptors (Lipinski definition) is 10. The minimum absolute atomic E-state index is 0.0812. The van der Waals surface area contributed by atoms with Crippen molar-refractivity contribution in [3.8, 4) is 34.1 Å². The summed E-state index contributed by atoms with van der Waals surface area (Å²) in [5.41, 5.74) is 4.37. The standard InChI is InChI=1S/C35H37Cl2N7O5/c1-48-29-17-40-28(14-21(29)18-44-13-11-23(45)19-44)34(47)42-27-5-3-4-25(31(27)36)33-32(37)24(10-12-39-33)26-8-6-20(35(43-26)49-2)15-38-16-22-7-9-30(46)41-22/h3-6,8,10,12,14,17,22-23,38,45H,7,9,11,13,15-16,18-19H2,1-2H3,(H,41,46)(H,42,47)/t22-,23+/m0/s1. The van der Waals surface area contributed by atoms with Crippen LogP contribution in [0.1, 0.15) is 40.9 Å². The molecule has 256 valence electrons. The van der Waals surface area contributed by atoms with E-state index in [0.29, 0.717) is 83.9 Å². The lowest BCUT2D eigenvalue weighted by Crippen LogP contribution is -2.35. The average molecular weight is 707 g/mol. The quantitative estimate of drug-likeness (QED) is 0.163. The monoisotopic (exact) mass is 705 g/mol. The van der Waals surface area contributed by atoms with Gasteiger partial charge in [0.15, 0.2) is 0 Å². The molecule has 2 amide bonds. The van der Waals surface area contributed by atoms with Gasteiger partial charge in [-0.1, -0.05) is 41.4 Å². The van der Waals surface area contributed by atoms with Crippen molar-refractivity contribution in [3.63, 3.8) is 0 Å². The number of ether oxygens (including phenoxy) is 2. The Balaban J connectivity index is 1.20. The number of methoxy groups -OCH3 is 2. The molecule has 14 heteroatoms. The first kappa shape index (κ1) is 34.5. The summed E-state index contributed by atoms with van der Waals surface area (Å²) in [7, 11) is 3.12. The number of carbonyl (C=O) groups is 2. The number of halogens is 2. The summed E-state index contributed by atoms with van der Waals surface area (Å²) >= 11 is 13.8. The van der Waals surface area contributed by atoms with Crippen LogP contribution in [0.25, 0.3) is 22.5 Å². The molecule has 0 unspecified atom stereocenters. The molecule has 1 aromatic carbocycles. The van der Waals surface area contributed by atoms with Gasteiger partial charge in [0, 0.05) is 73.6 Å². The number of benzene rings is 1. The summed E-state index contributed by atoms with van der Waals surface area (Å²) in [4.78, 5) is 40.5. The number of anilines is 1. The highest BCUT2D eigenvalue weighted by atomic mass is 35.5. The van der Waals surface area contributed by atoms with Crippen LogP contribution in [0.5, 0.6) is 11.6 Å². The zero-order chi connectivity index (χ0) is 34.5. The van der Waals surface area contributed by atoms with Gasteiger partial charge in [-0.2, -0.15) is 0 Å². The van der Waals surface area contributed by atoms with Gasteiger partial charge >= 0.3 is 0 Å². The molecule has 2 saturated heterocycles. The van der Waals surface area contributed by atoms with Crippen molar-refractivity contribution in [2.45, 2.75) is 44.5 Å². The van der Waals surface area contributed by atoms with E-state index >= 15 is 0 Å². The van der Waals surface area contributed by atoms with Gasteiger partial charge in [0.05, 0.1) is 53.6 Å². The molecule has 2 fully saturated rings. The number of nitrogens with zero attached hydrogens (tertiary/aromatic N) is 4. The smallest absolute Gasteiger partial charge is 0.274 e. The first-order valence-electron chi connectivity index (χ1n) is 16.0. The molecular weight excluding hydrogens is 669 g/mol. The highest BCUT2D eigenvalue weighted by Crippen LogP contribution is 2.40. The number of β-amino-alcohol motifs (C(OH)–C–C–N with tert-alkyl or cyclic N) is 1. The van der Waals surface area contributed by atoms with Crippen molar-refractivity contribution >= 4 is 40.7 Å². The Kier molecular flexibility index (Phi) is 10.9. The Morgan fingerprint density at radius 1 is 1.06 bits per heavy atom. The highest BCUT2D eigenvalue weighted by molar-refractivity contribution is 6.39. The van der Waals surface area contributed by atoms with Gasteiger partial charge in [0.2, 0.25) is 11.8 Å². The van der Waals surface area contributed by atoms with Gasteiger partial charge in [0.25, 0.3) is 5.91 Å². The van der Waals surface area contributed by atoms with Crippen LogP contribution < -0.4 is 25.4 Å². The number of hydrogen-bond donors (Lipinski definition) is 4. The molecule has 5 heterocycles. The van der Waals surface area contributed by atoms with Crippen molar-refractivity contribution in [2.24, 2.45) is 0 Å². The molecule has 2 atom stereocenters. The SMILES string of the molecule is COc1cnc(C(=O)Nc2cccc(-c3nccc(-c4ccc(CNC[C@@H]5CCC(=O)N5)c(OC)n4)c3Cl)c2Cl)cc1CN1CC[C@@H](O)C1. The van der Waals surface area contributed by atoms with Gasteiger partial charge in [-0.3, -0.25) is 19.5 Å². The summed E-state index contributed by atoms with van der Waals surface area (Å²) in [6, 6.07) is 12.6. The molecule has 6 rings (SSSR count). The first-order chi connectivity index (χ1) is 23.7. The fraction of sp³-hybridized carbons (Fsp3) is 0.343. The van der Waals surface area contributed by atoms with Gasteiger partial charge in [-0.05, 0) is 37.1 Å². The third-order valence-electron chi connectivity index (χ3n) is 8.63. The molecule has 0 saturated carbocycles.